The molecular weight excluding hydrogens is 387 g/mol. The van der Waals surface area contributed by atoms with Gasteiger partial charge in [-0.05, 0) is 21.7 Å². The number of carbonyl (C=O) groups is 4. The zero-order valence-corrected chi connectivity index (χ0v) is 20.1. The van der Waals surface area contributed by atoms with Crippen molar-refractivity contribution in [3.63, 3.8) is 0 Å². The van der Waals surface area contributed by atoms with Crippen LogP contribution in [0.5, 0.6) is 0 Å². The van der Waals surface area contributed by atoms with Gasteiger partial charge >= 0.3 is 16.5 Å². The van der Waals surface area contributed by atoms with E-state index in [-0.39, 0.29) is 39.6 Å². The third-order valence-electron chi connectivity index (χ3n) is 3.48. The normalized spacial score (nSPS) is 12.0. The minimum Gasteiger partial charge on any atom is -0.333 e. The summed E-state index contributed by atoms with van der Waals surface area (Å²) in [6.07, 6.45) is 2.44. The van der Waals surface area contributed by atoms with Crippen LogP contribution in [0.4, 0.5) is 0 Å². The fourth-order valence-corrected chi connectivity index (χ4v) is 1.10. The van der Waals surface area contributed by atoms with E-state index in [1.165, 1.54) is 12.8 Å². The van der Waals surface area contributed by atoms with Crippen LogP contribution in [0.25, 0.3) is 0 Å². The fraction of sp³-hybridized carbons (Fsp3) is 0.727. The van der Waals surface area contributed by atoms with Crippen molar-refractivity contribution in [2.45, 2.75) is 83.1 Å². The molecule has 0 atom stereocenters. The number of Topliss-reactive ketones (excluding diaryl/α,β-unsaturated/α-hetero) is 4. The first kappa shape index (κ1) is 30.6. The molecule has 160 valence electrons. The Morgan fingerprint density at radius 3 is 0.593 bits per heavy atom. The van der Waals surface area contributed by atoms with Gasteiger partial charge in [-0.1, -0.05) is 83.1 Å². The molecule has 4 nitrogen and oxygen atoms in total. The summed E-state index contributed by atoms with van der Waals surface area (Å²) in [6.45, 7) is 21.7. The Morgan fingerprint density at radius 2 is 0.519 bits per heavy atom. The standard InChI is InChI=1S/2C11H19O2.Ni/c2*1-10(2,3)8(12)7-9(13)11(4,5)6;/h2*7H,1-6H3;/q2*-1;+2. The molecule has 0 saturated heterocycles. The van der Waals surface area contributed by atoms with Gasteiger partial charge in [-0.2, -0.15) is 0 Å². The van der Waals surface area contributed by atoms with Gasteiger partial charge in [0, 0.05) is 23.1 Å². The molecule has 0 aromatic heterocycles. The largest absolute Gasteiger partial charge is 2.00 e. The van der Waals surface area contributed by atoms with Crippen LogP contribution in [0.15, 0.2) is 0 Å². The van der Waals surface area contributed by atoms with E-state index in [2.05, 4.69) is 0 Å². The minimum absolute atomic E-state index is 0. The molecule has 0 aromatic carbocycles. The first-order chi connectivity index (χ1) is 11.1. The van der Waals surface area contributed by atoms with Crippen molar-refractivity contribution >= 4 is 23.1 Å². The van der Waals surface area contributed by atoms with E-state index in [0.717, 1.165) is 0 Å². The van der Waals surface area contributed by atoms with Gasteiger partial charge in [-0.15, -0.1) is 0 Å². The molecule has 0 aromatic rings. The zero-order valence-electron chi connectivity index (χ0n) is 19.1. The van der Waals surface area contributed by atoms with Crippen molar-refractivity contribution in [1.82, 2.24) is 0 Å². The molecular formula is C22H38NiO4. The van der Waals surface area contributed by atoms with E-state index in [4.69, 9.17) is 0 Å². The number of hydrogen-bond acceptors (Lipinski definition) is 4. The van der Waals surface area contributed by atoms with Crippen molar-refractivity contribution in [3.05, 3.63) is 12.8 Å². The quantitative estimate of drug-likeness (QED) is 0.367. The van der Waals surface area contributed by atoms with Crippen LogP contribution < -0.4 is 0 Å². The molecule has 0 heterocycles. The number of carbonyl (C=O) groups excluding carboxylic acids is 4. The molecule has 27 heavy (non-hydrogen) atoms. The SMILES string of the molecule is CC(C)(C)C(=O)[CH-]C(=O)C(C)(C)C.CC(C)(C)C(=O)[CH-]C(=O)C(C)(C)C.[Ni+2]. The van der Waals surface area contributed by atoms with Crippen molar-refractivity contribution < 1.29 is 35.7 Å². The van der Waals surface area contributed by atoms with E-state index in [1.807, 2.05) is 83.1 Å². The van der Waals surface area contributed by atoms with Crippen LogP contribution in [0.3, 0.4) is 0 Å². The molecule has 0 rings (SSSR count). The number of rotatable bonds is 4. The van der Waals surface area contributed by atoms with E-state index >= 15 is 0 Å². The summed E-state index contributed by atoms with van der Waals surface area (Å²) in [5.74, 6) is -0.417. The molecule has 0 amide bonds. The molecule has 0 aliphatic carbocycles. The van der Waals surface area contributed by atoms with Crippen LogP contribution in [0.2, 0.25) is 0 Å². The topological polar surface area (TPSA) is 68.3 Å². The van der Waals surface area contributed by atoms with Gasteiger partial charge in [-0.25, -0.2) is 0 Å². The fourth-order valence-electron chi connectivity index (χ4n) is 1.10. The molecule has 0 spiro atoms. The van der Waals surface area contributed by atoms with Crippen LogP contribution in [0.1, 0.15) is 83.1 Å². The second-order valence-corrected chi connectivity index (χ2v) is 10.7. The number of hydrogen-bond donors (Lipinski definition) is 0. The van der Waals surface area contributed by atoms with E-state index < -0.39 is 21.7 Å². The van der Waals surface area contributed by atoms with Crippen LogP contribution in [-0.2, 0) is 35.7 Å². The maximum atomic E-state index is 11.4. The van der Waals surface area contributed by atoms with Crippen molar-refractivity contribution in [1.29, 1.82) is 0 Å². The summed E-state index contributed by atoms with van der Waals surface area (Å²) in [6, 6.07) is 0. The third-order valence-corrected chi connectivity index (χ3v) is 3.48. The van der Waals surface area contributed by atoms with Crippen LogP contribution >= 0.6 is 0 Å². The molecule has 5 heteroatoms. The average molecular weight is 425 g/mol. The van der Waals surface area contributed by atoms with Crippen molar-refractivity contribution in [2.75, 3.05) is 0 Å². The predicted molar refractivity (Wildman–Crippen MR) is 106 cm³/mol. The first-order valence-corrected chi connectivity index (χ1v) is 8.97. The molecule has 0 unspecified atom stereocenters. The van der Waals surface area contributed by atoms with Gasteiger partial charge < -0.3 is 19.2 Å². The Morgan fingerprint density at radius 1 is 0.407 bits per heavy atom. The summed E-state index contributed by atoms with van der Waals surface area (Å²) in [5.41, 5.74) is -1.83. The molecule has 0 aliphatic rings. The molecule has 0 N–H and O–H groups in total. The molecule has 0 radical (unpaired) electrons. The van der Waals surface area contributed by atoms with Crippen LogP contribution in [0, 0.1) is 34.5 Å². The monoisotopic (exact) mass is 424 g/mol. The van der Waals surface area contributed by atoms with Crippen molar-refractivity contribution in [3.8, 4) is 0 Å². The molecule has 0 fully saturated rings. The summed E-state index contributed by atoms with van der Waals surface area (Å²) in [4.78, 5) is 45.8. The molecule has 0 aliphatic heterocycles. The van der Waals surface area contributed by atoms with Gasteiger partial charge in [0.1, 0.15) is 0 Å². The summed E-state index contributed by atoms with van der Waals surface area (Å²) in [7, 11) is 0. The summed E-state index contributed by atoms with van der Waals surface area (Å²) in [5, 5.41) is 0. The Kier molecular flexibility index (Phi) is 11.9. The Bertz CT molecular complexity index is 435. The summed E-state index contributed by atoms with van der Waals surface area (Å²) < 4.78 is 0. The van der Waals surface area contributed by atoms with Gasteiger partial charge in [0.15, 0.2) is 0 Å². The van der Waals surface area contributed by atoms with Crippen molar-refractivity contribution in [2.24, 2.45) is 21.7 Å². The van der Waals surface area contributed by atoms with Gasteiger partial charge in [-0.3, -0.25) is 12.8 Å². The second-order valence-electron chi connectivity index (χ2n) is 10.7. The van der Waals surface area contributed by atoms with E-state index in [9.17, 15) is 19.2 Å². The maximum absolute atomic E-state index is 11.4. The van der Waals surface area contributed by atoms with Gasteiger partial charge in [0.05, 0.1) is 0 Å². The van der Waals surface area contributed by atoms with Gasteiger partial charge in [0.2, 0.25) is 0 Å². The number of ketones is 4. The maximum Gasteiger partial charge on any atom is 2.00 e. The zero-order chi connectivity index (χ0) is 21.7. The van der Waals surface area contributed by atoms with E-state index in [0.29, 0.717) is 0 Å². The summed E-state index contributed by atoms with van der Waals surface area (Å²) >= 11 is 0. The van der Waals surface area contributed by atoms with Crippen LogP contribution in [-0.4, -0.2) is 23.1 Å². The Balaban J connectivity index is -0.000000411. The average Bonchev–Trinajstić information content (AvgIpc) is 2.34. The minimum atomic E-state index is -0.457. The Hall–Kier alpha value is -1.09. The Labute approximate surface area is 176 Å². The first-order valence-electron chi connectivity index (χ1n) is 8.97. The van der Waals surface area contributed by atoms with Gasteiger partial charge in [0.25, 0.3) is 0 Å². The predicted octanol–water partition coefficient (Wildman–Crippen LogP) is 4.84. The molecule has 0 saturated carbocycles. The third kappa shape index (κ3) is 13.7. The second kappa shape index (κ2) is 10.5. The van der Waals surface area contributed by atoms with E-state index in [1.54, 1.807) is 0 Å². The molecule has 0 bridgehead atoms. The smallest absolute Gasteiger partial charge is 0.333 e.